The number of ether oxygens (including phenoxy) is 1. The third-order valence-electron chi connectivity index (χ3n) is 6.76. The maximum Gasteiger partial charge on any atom is 0.357 e. The molecule has 5 aromatic rings. The van der Waals surface area contributed by atoms with E-state index in [4.69, 9.17) is 9.72 Å². The maximum absolute atomic E-state index is 13.2. The van der Waals surface area contributed by atoms with Crippen molar-refractivity contribution in [2.24, 2.45) is 0 Å². The number of anilines is 1. The quantitative estimate of drug-likeness (QED) is 0.181. The van der Waals surface area contributed by atoms with Crippen molar-refractivity contribution in [3.8, 4) is 11.1 Å². The average molecular weight is 584 g/mol. The Morgan fingerprint density at radius 1 is 1.02 bits per heavy atom. The van der Waals surface area contributed by atoms with Crippen LogP contribution in [0.5, 0.6) is 0 Å². The Morgan fingerprint density at radius 3 is 2.43 bits per heavy atom. The van der Waals surface area contributed by atoms with Gasteiger partial charge in [-0.15, -0.1) is 0 Å². The number of hydrogen-bond acceptors (Lipinski definition) is 7. The molecule has 2 aromatic carbocycles. The number of pyridine rings is 2. The molecular weight excluding hydrogens is 554 g/mol. The predicted molar refractivity (Wildman–Crippen MR) is 160 cm³/mol. The van der Waals surface area contributed by atoms with Crippen LogP contribution in [0, 0.1) is 6.92 Å². The summed E-state index contributed by atoms with van der Waals surface area (Å²) in [6.07, 6.45) is 3.64. The summed E-state index contributed by atoms with van der Waals surface area (Å²) >= 11 is -2.63. The van der Waals surface area contributed by atoms with Gasteiger partial charge in [0.15, 0.2) is 11.3 Å². The maximum atomic E-state index is 13.2. The molecule has 0 spiro atoms. The number of aryl methyl sites for hydroxylation is 2. The number of carbonyl (C=O) groups excluding carboxylic acids is 2. The van der Waals surface area contributed by atoms with Gasteiger partial charge >= 0.3 is 5.97 Å². The highest BCUT2D eigenvalue weighted by Gasteiger charge is 2.26. The average Bonchev–Trinajstić information content (AvgIpc) is 3.36. The van der Waals surface area contributed by atoms with E-state index < -0.39 is 23.1 Å². The standard InChI is InChI=1S/C31H29N5O5S/c1-4-27-34-28-20(3)17-25(31(38)41-5-2)33-29(28)35(27)19-21-11-13-22(14-12-21)24-15-16-32-18-26(24)36(42(39)40)30(37)23-9-7-6-8-10-23/h6-18H,4-5,19H2,1-3H3,(H,39,40). The topological polar surface area (TPSA) is 128 Å². The molecule has 1 amide bonds. The van der Waals surface area contributed by atoms with E-state index in [1.165, 1.54) is 6.20 Å². The summed E-state index contributed by atoms with van der Waals surface area (Å²) in [6.45, 7) is 6.39. The number of benzene rings is 2. The van der Waals surface area contributed by atoms with Crippen LogP contribution in [0.25, 0.3) is 22.3 Å². The number of imidazole rings is 1. The second kappa shape index (κ2) is 12.4. The van der Waals surface area contributed by atoms with E-state index >= 15 is 0 Å². The summed E-state index contributed by atoms with van der Waals surface area (Å²) in [5, 5.41) is 0. The van der Waals surface area contributed by atoms with Crippen LogP contribution < -0.4 is 4.31 Å². The number of carbonyl (C=O) groups is 2. The summed E-state index contributed by atoms with van der Waals surface area (Å²) in [7, 11) is 0. The largest absolute Gasteiger partial charge is 0.461 e. The zero-order valence-corrected chi connectivity index (χ0v) is 24.2. The monoisotopic (exact) mass is 583 g/mol. The highest BCUT2D eigenvalue weighted by molar-refractivity contribution is 7.81. The van der Waals surface area contributed by atoms with Crippen molar-refractivity contribution < 1.29 is 23.1 Å². The van der Waals surface area contributed by atoms with E-state index in [9.17, 15) is 18.4 Å². The van der Waals surface area contributed by atoms with Gasteiger partial charge in [0, 0.05) is 23.7 Å². The fourth-order valence-electron chi connectivity index (χ4n) is 4.76. The third kappa shape index (κ3) is 5.69. The van der Waals surface area contributed by atoms with Crippen molar-refractivity contribution in [3.05, 3.63) is 107 Å². The smallest absolute Gasteiger partial charge is 0.357 e. The lowest BCUT2D eigenvalue weighted by Crippen LogP contribution is -2.33. The van der Waals surface area contributed by atoms with E-state index in [-0.39, 0.29) is 23.6 Å². The van der Waals surface area contributed by atoms with Crippen molar-refractivity contribution in [1.29, 1.82) is 0 Å². The van der Waals surface area contributed by atoms with Crippen molar-refractivity contribution in [2.75, 3.05) is 10.9 Å². The molecule has 3 aromatic heterocycles. The van der Waals surface area contributed by atoms with Gasteiger partial charge in [0.2, 0.25) is 0 Å². The van der Waals surface area contributed by atoms with Gasteiger partial charge in [-0.25, -0.2) is 19.0 Å². The molecule has 0 aliphatic heterocycles. The fraction of sp³-hybridized carbons (Fsp3) is 0.194. The van der Waals surface area contributed by atoms with Gasteiger partial charge in [0.25, 0.3) is 17.2 Å². The van der Waals surface area contributed by atoms with Crippen LogP contribution in [0.3, 0.4) is 0 Å². The summed E-state index contributed by atoms with van der Waals surface area (Å²) in [5.41, 5.74) is 5.16. The molecule has 0 radical (unpaired) electrons. The van der Waals surface area contributed by atoms with Crippen LogP contribution in [0.2, 0.25) is 0 Å². The SMILES string of the molecule is CCOC(=O)c1cc(C)c2nc(CC)n(Cc3ccc(-c4ccncc4N(C(=O)c4ccccc4)S(=O)O)cc3)c2n1. The Morgan fingerprint density at radius 2 is 1.76 bits per heavy atom. The lowest BCUT2D eigenvalue weighted by molar-refractivity contribution is 0.0519. The number of aromatic nitrogens is 4. The molecule has 11 heteroatoms. The Hall–Kier alpha value is -4.74. The molecule has 0 aliphatic carbocycles. The minimum absolute atomic E-state index is 0.208. The van der Waals surface area contributed by atoms with Crippen molar-refractivity contribution in [1.82, 2.24) is 19.5 Å². The number of rotatable bonds is 9. The Balaban J connectivity index is 1.49. The number of esters is 1. The molecule has 1 unspecified atom stereocenters. The number of fused-ring (bicyclic) bond motifs is 1. The lowest BCUT2D eigenvalue weighted by Gasteiger charge is -2.21. The molecule has 0 aliphatic rings. The summed E-state index contributed by atoms with van der Waals surface area (Å²) in [5.74, 6) is -0.261. The van der Waals surface area contributed by atoms with Crippen molar-refractivity contribution >= 4 is 40.0 Å². The van der Waals surface area contributed by atoms with Crippen LogP contribution in [0.4, 0.5) is 5.69 Å². The van der Waals surface area contributed by atoms with Gasteiger partial charge in [-0.3, -0.25) is 14.3 Å². The van der Waals surface area contributed by atoms with E-state index in [0.717, 1.165) is 32.3 Å². The van der Waals surface area contributed by atoms with Gasteiger partial charge < -0.3 is 9.30 Å². The molecule has 0 fully saturated rings. The second-order valence-corrected chi connectivity index (χ2v) is 10.3. The fourth-order valence-corrected chi connectivity index (χ4v) is 5.32. The molecule has 0 saturated heterocycles. The van der Waals surface area contributed by atoms with Gasteiger partial charge in [-0.1, -0.05) is 49.4 Å². The van der Waals surface area contributed by atoms with E-state index in [1.54, 1.807) is 55.6 Å². The minimum atomic E-state index is -2.63. The molecular formula is C31H29N5O5S. The lowest BCUT2D eigenvalue weighted by atomic mass is 10.0. The van der Waals surface area contributed by atoms with E-state index in [2.05, 4.69) is 9.97 Å². The van der Waals surface area contributed by atoms with Crippen molar-refractivity contribution in [3.63, 3.8) is 0 Å². The highest BCUT2D eigenvalue weighted by Crippen LogP contribution is 2.32. The summed E-state index contributed by atoms with van der Waals surface area (Å²) < 4.78 is 30.5. The Bertz CT molecular complexity index is 1790. The molecule has 5 rings (SSSR count). The normalized spacial score (nSPS) is 11.8. The second-order valence-electron chi connectivity index (χ2n) is 9.47. The Labute approximate surface area is 245 Å². The van der Waals surface area contributed by atoms with Crippen LogP contribution >= 0.6 is 0 Å². The van der Waals surface area contributed by atoms with Crippen molar-refractivity contribution in [2.45, 2.75) is 33.7 Å². The molecule has 0 bridgehead atoms. The van der Waals surface area contributed by atoms with E-state index in [0.29, 0.717) is 24.2 Å². The van der Waals surface area contributed by atoms with Gasteiger partial charge in [-0.2, -0.15) is 4.31 Å². The van der Waals surface area contributed by atoms with Gasteiger partial charge in [0.1, 0.15) is 11.3 Å². The third-order valence-corrected chi connectivity index (χ3v) is 7.43. The molecule has 42 heavy (non-hydrogen) atoms. The molecule has 214 valence electrons. The Kier molecular flexibility index (Phi) is 8.51. The molecule has 1 N–H and O–H groups in total. The van der Waals surface area contributed by atoms with Gasteiger partial charge in [0.05, 0.1) is 25.0 Å². The minimum Gasteiger partial charge on any atom is -0.461 e. The van der Waals surface area contributed by atoms with Crippen LogP contribution in [0.15, 0.2) is 79.1 Å². The highest BCUT2D eigenvalue weighted by atomic mass is 32.2. The van der Waals surface area contributed by atoms with E-state index in [1.807, 2.05) is 42.7 Å². The van der Waals surface area contributed by atoms with Crippen LogP contribution in [0.1, 0.15) is 51.6 Å². The molecule has 10 nitrogen and oxygen atoms in total. The summed E-state index contributed by atoms with van der Waals surface area (Å²) in [6, 6.07) is 19.4. The first-order valence-electron chi connectivity index (χ1n) is 13.4. The zero-order chi connectivity index (χ0) is 29.8. The predicted octanol–water partition coefficient (Wildman–Crippen LogP) is 5.37. The molecule has 3 heterocycles. The van der Waals surface area contributed by atoms with Crippen LogP contribution in [-0.2, 0) is 29.0 Å². The number of amides is 1. The van der Waals surface area contributed by atoms with Gasteiger partial charge in [-0.05, 0) is 54.8 Å². The first kappa shape index (κ1) is 28.8. The number of hydrogen-bond donors (Lipinski definition) is 1. The molecule has 0 saturated carbocycles. The number of nitrogens with zero attached hydrogens (tertiary/aromatic N) is 5. The first-order chi connectivity index (χ1) is 20.3. The zero-order valence-electron chi connectivity index (χ0n) is 23.4. The first-order valence-corrected chi connectivity index (χ1v) is 14.5. The molecule has 1 atom stereocenters. The van der Waals surface area contributed by atoms with Crippen LogP contribution in [-0.4, -0.2) is 46.8 Å². The summed E-state index contributed by atoms with van der Waals surface area (Å²) in [4.78, 5) is 39.1.